The summed E-state index contributed by atoms with van der Waals surface area (Å²) in [5.41, 5.74) is 1.17. The average Bonchev–Trinajstić information content (AvgIpc) is 2.47. The Hall–Kier alpha value is -1.63. The van der Waals surface area contributed by atoms with Gasteiger partial charge in [-0.3, -0.25) is 10.1 Å². The van der Waals surface area contributed by atoms with Crippen molar-refractivity contribution in [3.05, 3.63) is 69.2 Å². The largest absolute Gasteiger partial charge is 1.00 e. The van der Waals surface area contributed by atoms with Crippen molar-refractivity contribution in [1.82, 2.24) is 0 Å². The molecule has 0 radical (unpaired) electrons. The van der Waals surface area contributed by atoms with Crippen LogP contribution in [0.25, 0.3) is 0 Å². The number of nitrogens with zero attached hydrogens (tertiary/aromatic N) is 2. The standard InChI is InChI=1S/C17H20ClN2O3.BrH/c1-20(2,10-11-23-17-5-3-4-15(18)12-17)13-14-6-8-16(9-7-14)19(21)22;/h3-9,12H,10-11,13H2,1-2H3;1H/q+1;/p-1. The molecule has 2 aromatic rings. The Morgan fingerprint density at radius 3 is 2.42 bits per heavy atom. The number of halogens is 2. The Kier molecular flexibility index (Phi) is 7.66. The molecule has 0 aliphatic rings. The lowest BCUT2D eigenvalue weighted by Crippen LogP contribution is -3.00. The molecule has 2 aromatic carbocycles. The fourth-order valence-electron chi connectivity index (χ4n) is 2.26. The first-order valence-corrected chi connectivity index (χ1v) is 7.67. The number of benzene rings is 2. The minimum Gasteiger partial charge on any atom is -1.00 e. The highest BCUT2D eigenvalue weighted by Crippen LogP contribution is 2.18. The van der Waals surface area contributed by atoms with Gasteiger partial charge in [-0.15, -0.1) is 0 Å². The van der Waals surface area contributed by atoms with E-state index in [1.54, 1.807) is 18.2 Å². The molecule has 130 valence electrons. The van der Waals surface area contributed by atoms with Crippen molar-refractivity contribution in [2.45, 2.75) is 6.54 Å². The van der Waals surface area contributed by atoms with Crippen LogP contribution in [0.15, 0.2) is 48.5 Å². The second kappa shape index (κ2) is 9.01. The van der Waals surface area contributed by atoms with Crippen LogP contribution in [-0.4, -0.2) is 36.7 Å². The first kappa shape index (κ1) is 20.4. The highest BCUT2D eigenvalue weighted by atomic mass is 79.9. The van der Waals surface area contributed by atoms with Gasteiger partial charge in [0.05, 0.1) is 19.0 Å². The van der Waals surface area contributed by atoms with Gasteiger partial charge in [0.1, 0.15) is 25.4 Å². The van der Waals surface area contributed by atoms with Crippen LogP contribution in [0.5, 0.6) is 5.75 Å². The van der Waals surface area contributed by atoms with Gasteiger partial charge in [0.25, 0.3) is 5.69 Å². The van der Waals surface area contributed by atoms with Crippen LogP contribution in [0.4, 0.5) is 5.69 Å². The van der Waals surface area contributed by atoms with Crippen LogP contribution < -0.4 is 21.7 Å². The van der Waals surface area contributed by atoms with E-state index in [0.29, 0.717) is 11.6 Å². The van der Waals surface area contributed by atoms with Crippen molar-refractivity contribution < 1.29 is 31.1 Å². The smallest absolute Gasteiger partial charge is 0.269 e. The molecule has 0 heterocycles. The molecule has 0 saturated carbocycles. The third-order valence-electron chi connectivity index (χ3n) is 3.52. The quantitative estimate of drug-likeness (QED) is 0.384. The zero-order valence-corrected chi connectivity index (χ0v) is 16.0. The van der Waals surface area contributed by atoms with E-state index in [4.69, 9.17) is 16.3 Å². The lowest BCUT2D eigenvalue weighted by Gasteiger charge is -2.29. The minimum atomic E-state index is -0.386. The number of hydrogen-bond acceptors (Lipinski definition) is 3. The van der Waals surface area contributed by atoms with Gasteiger partial charge in [-0.1, -0.05) is 17.7 Å². The van der Waals surface area contributed by atoms with E-state index < -0.39 is 0 Å². The number of hydrogen-bond donors (Lipinski definition) is 0. The van der Waals surface area contributed by atoms with E-state index in [2.05, 4.69) is 14.1 Å². The molecule has 0 aliphatic carbocycles. The fraction of sp³-hybridized carbons (Fsp3) is 0.294. The number of nitro benzene ring substituents is 1. The summed E-state index contributed by atoms with van der Waals surface area (Å²) in [7, 11) is 4.20. The third kappa shape index (κ3) is 6.47. The predicted octanol–water partition coefficient (Wildman–Crippen LogP) is 0.908. The molecule has 0 bridgehead atoms. The molecule has 5 nitrogen and oxygen atoms in total. The molecule has 0 aromatic heterocycles. The third-order valence-corrected chi connectivity index (χ3v) is 3.75. The van der Waals surface area contributed by atoms with Crippen molar-refractivity contribution in [1.29, 1.82) is 0 Å². The van der Waals surface area contributed by atoms with Crippen LogP contribution in [0, 0.1) is 10.1 Å². The maximum Gasteiger partial charge on any atom is 0.269 e. The van der Waals surface area contributed by atoms with Gasteiger partial charge in [-0.2, -0.15) is 0 Å². The van der Waals surface area contributed by atoms with Crippen molar-refractivity contribution >= 4 is 17.3 Å². The Bertz CT molecular complexity index is 678. The lowest BCUT2D eigenvalue weighted by atomic mass is 10.2. The first-order valence-electron chi connectivity index (χ1n) is 7.29. The van der Waals surface area contributed by atoms with Gasteiger partial charge < -0.3 is 26.2 Å². The molecule has 0 amide bonds. The van der Waals surface area contributed by atoms with Gasteiger partial charge in [-0.25, -0.2) is 0 Å². The summed E-state index contributed by atoms with van der Waals surface area (Å²) in [6, 6.07) is 14.0. The number of nitro groups is 1. The van der Waals surface area contributed by atoms with Gasteiger partial charge >= 0.3 is 0 Å². The Labute approximate surface area is 157 Å². The summed E-state index contributed by atoms with van der Waals surface area (Å²) >= 11 is 5.92. The summed E-state index contributed by atoms with van der Waals surface area (Å²) in [5.74, 6) is 0.757. The van der Waals surface area contributed by atoms with Gasteiger partial charge in [0.15, 0.2) is 0 Å². The molecule has 0 fully saturated rings. The molecule has 2 rings (SSSR count). The second-order valence-corrected chi connectivity index (χ2v) is 6.48. The Morgan fingerprint density at radius 1 is 1.17 bits per heavy atom. The maximum atomic E-state index is 10.7. The normalized spacial score (nSPS) is 10.8. The number of quaternary nitrogens is 1. The van der Waals surface area contributed by atoms with Crippen LogP contribution in [0.3, 0.4) is 0 Å². The molecule has 0 saturated heterocycles. The van der Waals surface area contributed by atoms with E-state index in [1.165, 1.54) is 12.1 Å². The average molecular weight is 416 g/mol. The summed E-state index contributed by atoms with van der Waals surface area (Å²) in [4.78, 5) is 10.3. The van der Waals surface area contributed by atoms with Crippen molar-refractivity contribution in [2.75, 3.05) is 27.2 Å². The lowest BCUT2D eigenvalue weighted by molar-refractivity contribution is -0.903. The van der Waals surface area contributed by atoms with E-state index in [9.17, 15) is 10.1 Å². The number of non-ortho nitro benzene ring substituents is 1. The molecule has 0 spiro atoms. The van der Waals surface area contributed by atoms with E-state index in [-0.39, 0.29) is 27.6 Å². The summed E-state index contributed by atoms with van der Waals surface area (Å²) in [6.07, 6.45) is 0. The molecule has 24 heavy (non-hydrogen) atoms. The highest BCUT2D eigenvalue weighted by molar-refractivity contribution is 6.30. The Morgan fingerprint density at radius 2 is 1.83 bits per heavy atom. The number of rotatable bonds is 7. The van der Waals surface area contributed by atoms with E-state index in [1.807, 2.05) is 18.2 Å². The van der Waals surface area contributed by atoms with E-state index >= 15 is 0 Å². The SMILES string of the molecule is C[N+](C)(CCOc1cccc(Cl)c1)Cc1ccc([N+](=O)[O-])cc1.[Br-]. The van der Waals surface area contributed by atoms with Gasteiger partial charge in [-0.05, 0) is 30.3 Å². The first-order chi connectivity index (χ1) is 10.9. The predicted molar refractivity (Wildman–Crippen MR) is 90.7 cm³/mol. The molecular formula is C17H20BrClN2O3. The van der Waals surface area contributed by atoms with Crippen molar-refractivity contribution in [3.8, 4) is 5.75 Å². The maximum absolute atomic E-state index is 10.7. The van der Waals surface area contributed by atoms with Gasteiger partial charge in [0.2, 0.25) is 0 Å². The van der Waals surface area contributed by atoms with Crippen LogP contribution >= 0.6 is 11.6 Å². The molecule has 0 unspecified atom stereocenters. The fourth-order valence-corrected chi connectivity index (χ4v) is 2.44. The number of ether oxygens (including phenoxy) is 1. The molecule has 0 N–H and O–H groups in total. The topological polar surface area (TPSA) is 52.4 Å². The van der Waals surface area contributed by atoms with Crippen LogP contribution in [0.1, 0.15) is 5.56 Å². The molecule has 0 aliphatic heterocycles. The molecular weight excluding hydrogens is 396 g/mol. The van der Waals surface area contributed by atoms with Gasteiger partial charge in [0, 0.05) is 22.7 Å². The summed E-state index contributed by atoms with van der Waals surface area (Å²) in [6.45, 7) is 2.15. The van der Waals surface area contributed by atoms with E-state index in [0.717, 1.165) is 28.9 Å². The monoisotopic (exact) mass is 414 g/mol. The zero-order valence-electron chi connectivity index (χ0n) is 13.6. The highest BCUT2D eigenvalue weighted by Gasteiger charge is 2.17. The number of likely N-dealkylation sites (N-methyl/N-ethyl adjacent to an activating group) is 1. The summed E-state index contributed by atoms with van der Waals surface area (Å²) in [5, 5.41) is 11.3. The van der Waals surface area contributed by atoms with Crippen LogP contribution in [0.2, 0.25) is 5.02 Å². The minimum absolute atomic E-state index is 0. The van der Waals surface area contributed by atoms with Crippen molar-refractivity contribution in [2.24, 2.45) is 0 Å². The zero-order chi connectivity index (χ0) is 16.9. The van der Waals surface area contributed by atoms with Crippen molar-refractivity contribution in [3.63, 3.8) is 0 Å². The van der Waals surface area contributed by atoms with Crippen LogP contribution in [-0.2, 0) is 6.54 Å². The Balaban J connectivity index is 0.00000288. The second-order valence-electron chi connectivity index (χ2n) is 6.05. The molecule has 0 atom stereocenters. The summed E-state index contributed by atoms with van der Waals surface area (Å²) < 4.78 is 6.44. The molecule has 7 heteroatoms.